The zero-order valence-electron chi connectivity index (χ0n) is 12.5. The van der Waals surface area contributed by atoms with Gasteiger partial charge in [0.15, 0.2) is 6.61 Å². The molecule has 0 bridgehead atoms. The number of nitrogens with one attached hydrogen (secondary N) is 1. The van der Waals surface area contributed by atoms with Gasteiger partial charge in [0.2, 0.25) is 0 Å². The van der Waals surface area contributed by atoms with Crippen molar-refractivity contribution in [2.45, 2.75) is 17.6 Å². The molecule has 1 amide bonds. The molecule has 0 fully saturated rings. The highest BCUT2D eigenvalue weighted by Crippen LogP contribution is 2.35. The average molecular weight is 352 g/mol. The molecule has 3 rings (SSSR count). The number of thiophene rings is 1. The lowest BCUT2D eigenvalue weighted by atomic mass is 10.2. The van der Waals surface area contributed by atoms with Gasteiger partial charge in [0, 0.05) is 6.54 Å². The number of anilines is 2. The maximum atomic E-state index is 12.3. The monoisotopic (exact) mass is 352 g/mol. The summed E-state index contributed by atoms with van der Waals surface area (Å²) in [6, 6.07) is 8.16. The highest BCUT2D eigenvalue weighted by molar-refractivity contribution is 7.94. The van der Waals surface area contributed by atoms with Crippen molar-refractivity contribution in [1.29, 1.82) is 0 Å². The number of ether oxygens (including phenoxy) is 1. The van der Waals surface area contributed by atoms with Gasteiger partial charge in [-0.3, -0.25) is 9.52 Å². The van der Waals surface area contributed by atoms with E-state index < -0.39 is 10.0 Å². The molecule has 0 atom stereocenters. The molecule has 0 saturated heterocycles. The summed E-state index contributed by atoms with van der Waals surface area (Å²) in [6.07, 6.45) is 0.802. The van der Waals surface area contributed by atoms with E-state index in [-0.39, 0.29) is 16.7 Å². The Bertz CT molecular complexity index is 816. The van der Waals surface area contributed by atoms with Crippen molar-refractivity contribution >= 4 is 38.6 Å². The summed E-state index contributed by atoms with van der Waals surface area (Å²) < 4.78 is 32.8. The third-order valence-corrected chi connectivity index (χ3v) is 6.14. The van der Waals surface area contributed by atoms with Crippen molar-refractivity contribution in [2.24, 2.45) is 0 Å². The Balaban J connectivity index is 1.93. The van der Waals surface area contributed by atoms with Crippen LogP contribution in [0.25, 0.3) is 0 Å². The molecule has 2 aromatic rings. The van der Waals surface area contributed by atoms with Crippen LogP contribution < -0.4 is 14.4 Å². The van der Waals surface area contributed by atoms with Crippen molar-refractivity contribution in [3.8, 4) is 5.75 Å². The van der Waals surface area contributed by atoms with Crippen LogP contribution in [0.15, 0.2) is 39.9 Å². The van der Waals surface area contributed by atoms with Crippen molar-refractivity contribution in [3.63, 3.8) is 0 Å². The molecule has 23 heavy (non-hydrogen) atoms. The van der Waals surface area contributed by atoms with Crippen molar-refractivity contribution < 1.29 is 17.9 Å². The molecule has 6 nitrogen and oxygen atoms in total. The maximum Gasteiger partial charge on any atom is 0.271 e. The molecule has 0 aliphatic carbocycles. The van der Waals surface area contributed by atoms with Crippen LogP contribution in [-0.4, -0.2) is 27.5 Å². The minimum Gasteiger partial charge on any atom is -0.482 e. The summed E-state index contributed by atoms with van der Waals surface area (Å²) >= 11 is 1.15. The number of fused-ring (bicyclic) bond motifs is 1. The SMILES string of the molecule is CCCN1C(=O)COc2ccc(NS(=O)(=O)c3cccs3)cc21. The number of amides is 1. The second-order valence-corrected chi connectivity index (χ2v) is 7.91. The lowest BCUT2D eigenvalue weighted by Gasteiger charge is -2.29. The van der Waals surface area contributed by atoms with Gasteiger partial charge in [-0.05, 0) is 36.1 Å². The Labute approximate surface area is 138 Å². The molecule has 0 spiro atoms. The smallest absolute Gasteiger partial charge is 0.271 e. The lowest BCUT2D eigenvalue weighted by Crippen LogP contribution is -2.39. The highest BCUT2D eigenvalue weighted by Gasteiger charge is 2.26. The van der Waals surface area contributed by atoms with Crippen LogP contribution in [0.4, 0.5) is 11.4 Å². The largest absolute Gasteiger partial charge is 0.482 e. The van der Waals surface area contributed by atoms with E-state index in [0.717, 1.165) is 17.8 Å². The summed E-state index contributed by atoms with van der Waals surface area (Å²) in [7, 11) is -3.62. The predicted molar refractivity (Wildman–Crippen MR) is 89.7 cm³/mol. The van der Waals surface area contributed by atoms with E-state index in [1.165, 1.54) is 0 Å². The average Bonchev–Trinajstić information content (AvgIpc) is 3.05. The van der Waals surface area contributed by atoms with Crippen LogP contribution in [0, 0.1) is 0 Å². The van der Waals surface area contributed by atoms with Gasteiger partial charge in [-0.25, -0.2) is 8.42 Å². The minimum atomic E-state index is -3.62. The van der Waals surface area contributed by atoms with Gasteiger partial charge in [0.1, 0.15) is 9.96 Å². The maximum absolute atomic E-state index is 12.3. The number of carbonyl (C=O) groups is 1. The summed E-state index contributed by atoms with van der Waals surface area (Å²) in [6.45, 7) is 2.55. The number of benzene rings is 1. The second-order valence-electron chi connectivity index (χ2n) is 5.05. The molecule has 2 heterocycles. The predicted octanol–water partition coefficient (Wildman–Crippen LogP) is 2.68. The minimum absolute atomic E-state index is 0.00721. The molecule has 122 valence electrons. The third kappa shape index (κ3) is 3.18. The molecular formula is C15H16N2O4S2. The van der Waals surface area contributed by atoms with Crippen LogP contribution in [0.5, 0.6) is 5.75 Å². The van der Waals surface area contributed by atoms with E-state index in [2.05, 4.69) is 4.72 Å². The fourth-order valence-corrected chi connectivity index (χ4v) is 4.40. The Morgan fingerprint density at radius 2 is 2.17 bits per heavy atom. The standard InChI is InChI=1S/C15H16N2O4S2/c1-2-7-17-12-9-11(5-6-13(12)21-10-14(17)18)16-23(19,20)15-4-3-8-22-15/h3-6,8-9,16H,2,7,10H2,1H3. The first kappa shape index (κ1) is 15.8. The summed E-state index contributed by atoms with van der Waals surface area (Å²) in [5, 5.41) is 1.71. The van der Waals surface area contributed by atoms with Gasteiger partial charge in [-0.2, -0.15) is 0 Å². The summed E-state index contributed by atoms with van der Waals surface area (Å²) in [4.78, 5) is 13.6. The van der Waals surface area contributed by atoms with Crippen molar-refractivity contribution in [3.05, 3.63) is 35.7 Å². The van der Waals surface area contributed by atoms with Gasteiger partial charge in [-0.15, -0.1) is 11.3 Å². The van der Waals surface area contributed by atoms with Crippen LogP contribution in [0.2, 0.25) is 0 Å². The fourth-order valence-electron chi connectivity index (χ4n) is 2.36. The van der Waals surface area contributed by atoms with E-state index in [1.54, 1.807) is 40.6 Å². The molecule has 0 radical (unpaired) electrons. The molecule has 1 N–H and O–H groups in total. The number of sulfonamides is 1. The van der Waals surface area contributed by atoms with Crippen LogP contribution in [0.3, 0.4) is 0 Å². The summed E-state index contributed by atoms with van der Waals surface area (Å²) in [5.74, 6) is 0.453. The van der Waals surface area contributed by atoms with Gasteiger partial charge < -0.3 is 9.64 Å². The van der Waals surface area contributed by atoms with E-state index >= 15 is 0 Å². The Morgan fingerprint density at radius 1 is 1.35 bits per heavy atom. The topological polar surface area (TPSA) is 75.7 Å². The number of carbonyl (C=O) groups excluding carboxylic acids is 1. The van der Waals surface area contributed by atoms with Crippen molar-refractivity contribution in [2.75, 3.05) is 22.8 Å². The Hall–Kier alpha value is -2.06. The zero-order chi connectivity index (χ0) is 16.4. The molecule has 1 aliphatic rings. The normalized spacial score (nSPS) is 14.3. The first-order valence-corrected chi connectivity index (χ1v) is 9.51. The molecule has 1 aliphatic heterocycles. The Kier molecular flexibility index (Phi) is 4.27. The van der Waals surface area contributed by atoms with Crippen LogP contribution >= 0.6 is 11.3 Å². The molecular weight excluding hydrogens is 336 g/mol. The van der Waals surface area contributed by atoms with E-state index in [9.17, 15) is 13.2 Å². The molecule has 8 heteroatoms. The van der Waals surface area contributed by atoms with Gasteiger partial charge >= 0.3 is 0 Å². The number of hydrogen-bond acceptors (Lipinski definition) is 5. The van der Waals surface area contributed by atoms with E-state index in [0.29, 0.717) is 23.7 Å². The van der Waals surface area contributed by atoms with Crippen molar-refractivity contribution in [1.82, 2.24) is 0 Å². The number of hydrogen-bond donors (Lipinski definition) is 1. The van der Waals surface area contributed by atoms with E-state index in [1.807, 2.05) is 6.92 Å². The van der Waals surface area contributed by atoms with Gasteiger partial charge in [0.05, 0.1) is 11.4 Å². The number of nitrogens with zero attached hydrogens (tertiary/aromatic N) is 1. The summed E-state index contributed by atoms with van der Waals surface area (Å²) in [5.41, 5.74) is 0.992. The second kappa shape index (κ2) is 6.21. The van der Waals surface area contributed by atoms with Crippen LogP contribution in [-0.2, 0) is 14.8 Å². The third-order valence-electron chi connectivity index (χ3n) is 3.36. The zero-order valence-corrected chi connectivity index (χ0v) is 14.1. The first-order valence-electron chi connectivity index (χ1n) is 7.15. The van der Waals surface area contributed by atoms with Gasteiger partial charge in [-0.1, -0.05) is 13.0 Å². The molecule has 1 aromatic carbocycles. The molecule has 0 saturated carbocycles. The first-order chi connectivity index (χ1) is 11.0. The quantitative estimate of drug-likeness (QED) is 0.898. The van der Waals surface area contributed by atoms with Gasteiger partial charge in [0.25, 0.3) is 15.9 Å². The fraction of sp³-hybridized carbons (Fsp3) is 0.267. The highest BCUT2D eigenvalue weighted by atomic mass is 32.2. The van der Waals surface area contributed by atoms with Crippen LogP contribution in [0.1, 0.15) is 13.3 Å². The Morgan fingerprint density at radius 3 is 2.87 bits per heavy atom. The van der Waals surface area contributed by atoms with E-state index in [4.69, 9.17) is 4.74 Å². The lowest BCUT2D eigenvalue weighted by molar-refractivity contribution is -0.121. The molecule has 1 aromatic heterocycles. The molecule has 0 unspecified atom stereocenters. The number of rotatable bonds is 5.